The molecule has 1 aliphatic heterocycles. The highest BCUT2D eigenvalue weighted by molar-refractivity contribution is 7.98. The summed E-state index contributed by atoms with van der Waals surface area (Å²) in [6.07, 6.45) is 1.38. The van der Waals surface area contributed by atoms with E-state index in [4.69, 9.17) is 0 Å². The molecular weight excluding hydrogens is 455 g/mol. The maximum atomic E-state index is 12.9. The Morgan fingerprint density at radius 3 is 2.64 bits per heavy atom. The Morgan fingerprint density at radius 2 is 1.97 bits per heavy atom. The van der Waals surface area contributed by atoms with Crippen molar-refractivity contribution in [1.82, 2.24) is 14.6 Å². The molecule has 1 N–H and O–H groups in total. The summed E-state index contributed by atoms with van der Waals surface area (Å²) in [7, 11) is -2.14. The van der Waals surface area contributed by atoms with E-state index in [1.165, 1.54) is 10.4 Å². The van der Waals surface area contributed by atoms with Crippen LogP contribution >= 0.6 is 0 Å². The predicted octanol–water partition coefficient (Wildman–Crippen LogP) is 3.83. The number of carbonyl (C=O) groups is 2. The fraction of sp³-hybridized carbons (Fsp3) is 0.348. The topological polar surface area (TPSA) is 79.4 Å². The van der Waals surface area contributed by atoms with Crippen molar-refractivity contribution in [3.63, 3.8) is 0 Å². The zero-order valence-electron chi connectivity index (χ0n) is 17.6. The molecule has 0 radical (unpaired) electrons. The van der Waals surface area contributed by atoms with Gasteiger partial charge >= 0.3 is 6.18 Å². The maximum absolute atomic E-state index is 12.9. The molecule has 1 amide bonds. The molecule has 1 aromatic carbocycles. The van der Waals surface area contributed by atoms with Crippen LogP contribution in [0.4, 0.5) is 13.2 Å². The minimum atomic E-state index is -4.59. The molecule has 33 heavy (non-hydrogen) atoms. The molecule has 1 saturated carbocycles. The molecule has 1 fully saturated rings. The molecule has 0 bridgehead atoms. The number of benzene rings is 1. The summed E-state index contributed by atoms with van der Waals surface area (Å²) in [5.41, 5.74) is 0.633. The van der Waals surface area contributed by atoms with Crippen molar-refractivity contribution in [3.8, 4) is 0 Å². The Bertz CT molecular complexity index is 1130. The summed E-state index contributed by atoms with van der Waals surface area (Å²) < 4.78 is 52.9. The third kappa shape index (κ3) is 5.56. The van der Waals surface area contributed by atoms with Gasteiger partial charge in [-0.1, -0.05) is 24.3 Å². The van der Waals surface area contributed by atoms with Gasteiger partial charge in [-0.25, -0.2) is 8.51 Å². The van der Waals surface area contributed by atoms with Crippen LogP contribution in [0.3, 0.4) is 0 Å². The Hall–Kier alpha value is -2.85. The molecule has 1 aromatic heterocycles. The molecule has 10 heteroatoms. The molecule has 6 nitrogen and oxygen atoms in total. The molecule has 1 unspecified atom stereocenters. The van der Waals surface area contributed by atoms with E-state index in [1.807, 2.05) is 0 Å². The van der Waals surface area contributed by atoms with Gasteiger partial charge in [0.1, 0.15) is 5.69 Å². The Labute approximate surface area is 191 Å². The van der Waals surface area contributed by atoms with Crippen LogP contribution < -0.4 is 5.32 Å². The fourth-order valence-corrected chi connectivity index (χ4v) is 4.60. The largest absolute Gasteiger partial charge is 0.416 e. The third-order valence-corrected chi connectivity index (χ3v) is 6.96. The van der Waals surface area contributed by atoms with Gasteiger partial charge in [-0.2, -0.15) is 13.2 Å². The minimum absolute atomic E-state index is 0.157. The normalized spacial score (nSPS) is 17.8. The number of halogens is 3. The zero-order valence-corrected chi connectivity index (χ0v) is 18.4. The highest BCUT2D eigenvalue weighted by Crippen LogP contribution is 2.31. The van der Waals surface area contributed by atoms with E-state index in [9.17, 15) is 27.0 Å². The number of nitrogens with one attached hydrogen (secondary N) is 1. The lowest BCUT2D eigenvalue weighted by Gasteiger charge is -2.25. The zero-order chi connectivity index (χ0) is 23.6. The molecule has 2 aliphatic rings. The van der Waals surface area contributed by atoms with E-state index in [0.717, 1.165) is 30.5 Å². The van der Waals surface area contributed by atoms with Crippen molar-refractivity contribution in [2.75, 3.05) is 19.6 Å². The van der Waals surface area contributed by atoms with Gasteiger partial charge in [0.05, 0.1) is 5.56 Å². The van der Waals surface area contributed by atoms with Crippen LogP contribution in [0.15, 0.2) is 48.7 Å². The third-order valence-electron chi connectivity index (χ3n) is 5.61. The first-order valence-corrected chi connectivity index (χ1v) is 11.7. The van der Waals surface area contributed by atoms with E-state index in [2.05, 4.69) is 10.3 Å². The summed E-state index contributed by atoms with van der Waals surface area (Å²) >= 11 is 0. The number of hydrogen-bond donors (Lipinski definition) is 1. The average molecular weight is 478 g/mol. The standard InChI is InChI=1S/C23H22F3N3O3S/c24-23(25,26)18-4-1-3-17(13-18)22(31)33(32)29-11-8-16(9-12-29)19-5-2-10-27-20(19)21(30)28-14-15-6-7-15/h1-5,8,10,13,15H,6-7,9,11-12,14H2,(H,28,30). The number of pyridine rings is 1. The highest BCUT2D eigenvalue weighted by Gasteiger charge is 2.32. The smallest absolute Gasteiger partial charge is 0.350 e. The van der Waals surface area contributed by atoms with Gasteiger partial charge in [0.25, 0.3) is 11.0 Å². The van der Waals surface area contributed by atoms with Gasteiger partial charge in [-0.15, -0.1) is 0 Å². The summed E-state index contributed by atoms with van der Waals surface area (Å²) in [6, 6.07) is 7.46. The molecule has 2 heterocycles. The summed E-state index contributed by atoms with van der Waals surface area (Å²) in [6.45, 7) is 1.03. The molecular formula is C23H22F3N3O3S. The molecule has 0 saturated heterocycles. The maximum Gasteiger partial charge on any atom is 0.416 e. The van der Waals surface area contributed by atoms with Crippen molar-refractivity contribution < 1.29 is 27.0 Å². The van der Waals surface area contributed by atoms with Crippen LogP contribution in [-0.2, 0) is 17.2 Å². The summed E-state index contributed by atoms with van der Waals surface area (Å²) in [5.74, 6) is 0.289. The van der Waals surface area contributed by atoms with Crippen LogP contribution in [0.25, 0.3) is 5.57 Å². The fourth-order valence-electron chi connectivity index (χ4n) is 3.57. The number of amides is 1. The van der Waals surface area contributed by atoms with Crippen LogP contribution in [-0.4, -0.2) is 44.2 Å². The minimum Gasteiger partial charge on any atom is -0.350 e. The number of alkyl halides is 3. The van der Waals surface area contributed by atoms with Crippen LogP contribution in [0, 0.1) is 5.92 Å². The molecule has 1 atom stereocenters. The molecule has 174 valence electrons. The predicted molar refractivity (Wildman–Crippen MR) is 117 cm³/mol. The number of carbonyl (C=O) groups excluding carboxylic acids is 2. The average Bonchev–Trinajstić information content (AvgIpc) is 3.66. The lowest BCUT2D eigenvalue weighted by Crippen LogP contribution is -2.34. The van der Waals surface area contributed by atoms with Gasteiger partial charge in [0.15, 0.2) is 11.0 Å². The SMILES string of the molecule is O=C(NCC1CC1)c1ncccc1C1=CCN(S(=O)C(=O)c2cccc(C(F)(F)F)c2)CC1. The van der Waals surface area contributed by atoms with Crippen LogP contribution in [0.5, 0.6) is 0 Å². The first-order valence-electron chi connectivity index (χ1n) is 10.5. The van der Waals surface area contributed by atoms with Gasteiger partial charge in [-0.3, -0.25) is 14.6 Å². The molecule has 4 rings (SSSR count). The van der Waals surface area contributed by atoms with Crippen molar-refractivity contribution in [1.29, 1.82) is 0 Å². The van der Waals surface area contributed by atoms with Crippen LogP contribution in [0.1, 0.15) is 51.2 Å². The van der Waals surface area contributed by atoms with Crippen molar-refractivity contribution >= 4 is 27.6 Å². The van der Waals surface area contributed by atoms with E-state index < -0.39 is 27.8 Å². The van der Waals surface area contributed by atoms with E-state index in [0.29, 0.717) is 36.2 Å². The Morgan fingerprint density at radius 1 is 1.18 bits per heavy atom. The van der Waals surface area contributed by atoms with Crippen molar-refractivity contribution in [3.05, 3.63) is 71.1 Å². The monoisotopic (exact) mass is 477 g/mol. The van der Waals surface area contributed by atoms with Gasteiger partial charge in [0.2, 0.25) is 0 Å². The highest BCUT2D eigenvalue weighted by atomic mass is 32.2. The number of aromatic nitrogens is 1. The molecule has 0 spiro atoms. The lowest BCUT2D eigenvalue weighted by atomic mass is 9.98. The van der Waals surface area contributed by atoms with E-state index in [-0.39, 0.29) is 24.6 Å². The molecule has 1 aliphatic carbocycles. The summed E-state index contributed by atoms with van der Waals surface area (Å²) in [5, 5.41) is 2.03. The first kappa shape index (κ1) is 23.3. The Balaban J connectivity index is 1.45. The van der Waals surface area contributed by atoms with Gasteiger partial charge in [0, 0.05) is 37.0 Å². The number of rotatable bonds is 6. The molecule has 2 aromatic rings. The van der Waals surface area contributed by atoms with Crippen molar-refractivity contribution in [2.45, 2.75) is 25.4 Å². The number of nitrogens with zero attached hydrogens (tertiary/aromatic N) is 2. The van der Waals surface area contributed by atoms with Gasteiger partial charge < -0.3 is 5.32 Å². The van der Waals surface area contributed by atoms with E-state index in [1.54, 1.807) is 24.4 Å². The van der Waals surface area contributed by atoms with E-state index >= 15 is 0 Å². The van der Waals surface area contributed by atoms with Gasteiger partial charge in [-0.05, 0) is 49.0 Å². The summed E-state index contributed by atoms with van der Waals surface area (Å²) in [4.78, 5) is 29.4. The van der Waals surface area contributed by atoms with Crippen molar-refractivity contribution in [2.24, 2.45) is 5.92 Å². The Kier molecular flexibility index (Phi) is 6.76. The quantitative estimate of drug-likeness (QED) is 0.686. The van der Waals surface area contributed by atoms with Crippen LogP contribution in [0.2, 0.25) is 0 Å². The first-order chi connectivity index (χ1) is 15.7. The lowest BCUT2D eigenvalue weighted by molar-refractivity contribution is -0.137. The second kappa shape index (κ2) is 9.56. The second-order valence-corrected chi connectivity index (χ2v) is 9.42. The second-order valence-electron chi connectivity index (χ2n) is 8.04. The number of hydrogen-bond acceptors (Lipinski definition) is 4.